The van der Waals surface area contributed by atoms with Crippen LogP contribution in [0.25, 0.3) is 22.2 Å². The van der Waals surface area contributed by atoms with Crippen LogP contribution in [-0.2, 0) is 17.9 Å². The number of aromatic nitrogens is 2. The fourth-order valence-corrected chi connectivity index (χ4v) is 4.69. The van der Waals surface area contributed by atoms with Crippen LogP contribution >= 0.6 is 15.9 Å². The number of methoxy groups -OCH3 is 1. The summed E-state index contributed by atoms with van der Waals surface area (Å²) in [4.78, 5) is 4.72. The van der Waals surface area contributed by atoms with Gasteiger partial charge in [-0.15, -0.1) is 0 Å². The quantitative estimate of drug-likeness (QED) is 0.290. The summed E-state index contributed by atoms with van der Waals surface area (Å²) in [7, 11) is 0.611. The molecule has 2 aromatic heterocycles. The van der Waals surface area contributed by atoms with Crippen molar-refractivity contribution in [3.63, 3.8) is 0 Å². The van der Waals surface area contributed by atoms with Crippen molar-refractivity contribution < 1.29 is 9.47 Å². The molecular weight excluding hydrogens is 432 g/mol. The first kappa shape index (κ1) is 21.1. The minimum absolute atomic E-state index is 0.508. The van der Waals surface area contributed by atoms with Gasteiger partial charge in [0.15, 0.2) is 0 Å². The first-order valence-electron chi connectivity index (χ1n) is 9.73. The minimum Gasteiger partial charge on any atom is -0.496 e. The molecule has 150 valence electrons. The number of pyridine rings is 1. The van der Waals surface area contributed by atoms with E-state index in [4.69, 9.17) is 14.5 Å². The molecule has 0 unspecified atom stereocenters. The molecule has 3 rings (SSSR count). The topological polar surface area (TPSA) is 36.3 Å². The number of hydrogen-bond acceptors (Lipinski definition) is 3. The van der Waals surface area contributed by atoms with Crippen LogP contribution in [0.15, 0.2) is 41.1 Å². The van der Waals surface area contributed by atoms with E-state index in [9.17, 15) is 0 Å². The van der Waals surface area contributed by atoms with Crippen LogP contribution in [0.2, 0.25) is 25.7 Å². The van der Waals surface area contributed by atoms with Crippen molar-refractivity contribution in [1.82, 2.24) is 9.55 Å². The number of nitrogens with zero attached hydrogens (tertiary/aromatic N) is 2. The predicted octanol–water partition coefficient (Wildman–Crippen LogP) is 6.35. The molecule has 0 aliphatic carbocycles. The molecule has 4 nitrogen and oxygen atoms in total. The highest BCUT2D eigenvalue weighted by atomic mass is 79.9. The molecule has 0 spiro atoms. The normalized spacial score (nSPS) is 11.9. The van der Waals surface area contributed by atoms with Gasteiger partial charge in [0.25, 0.3) is 0 Å². The van der Waals surface area contributed by atoms with Crippen molar-refractivity contribution >= 4 is 35.0 Å². The molecule has 0 aliphatic heterocycles. The van der Waals surface area contributed by atoms with Crippen molar-refractivity contribution in [2.45, 2.75) is 45.8 Å². The van der Waals surface area contributed by atoms with Gasteiger partial charge in [0.05, 0.1) is 7.11 Å². The summed E-state index contributed by atoms with van der Waals surface area (Å²) in [5.74, 6) is 0.864. The van der Waals surface area contributed by atoms with Gasteiger partial charge in [-0.1, -0.05) is 44.8 Å². The number of rotatable bonds is 8. The Morgan fingerprint density at radius 2 is 1.89 bits per heavy atom. The van der Waals surface area contributed by atoms with E-state index in [1.807, 2.05) is 24.4 Å². The Morgan fingerprint density at radius 3 is 2.57 bits per heavy atom. The lowest BCUT2D eigenvalue weighted by Gasteiger charge is -2.15. The zero-order valence-electron chi connectivity index (χ0n) is 17.4. The highest BCUT2D eigenvalue weighted by Gasteiger charge is 2.19. The predicted molar refractivity (Wildman–Crippen MR) is 123 cm³/mol. The zero-order chi connectivity index (χ0) is 20.3. The van der Waals surface area contributed by atoms with Gasteiger partial charge in [0.1, 0.15) is 18.1 Å². The Labute approximate surface area is 177 Å². The SMILES string of the molecule is CCc1c(Br)cnc2c1c(-c1ccccc1OC)cn2COCC[Si](C)(C)C. The lowest BCUT2D eigenvalue weighted by atomic mass is 10.0. The van der Waals surface area contributed by atoms with Gasteiger partial charge in [0, 0.05) is 48.1 Å². The Morgan fingerprint density at radius 1 is 1.14 bits per heavy atom. The fourth-order valence-electron chi connectivity index (χ4n) is 3.35. The molecule has 6 heteroatoms. The van der Waals surface area contributed by atoms with Crippen molar-refractivity contribution in [3.05, 3.63) is 46.7 Å². The molecule has 0 radical (unpaired) electrons. The van der Waals surface area contributed by atoms with Crippen molar-refractivity contribution in [1.29, 1.82) is 0 Å². The van der Waals surface area contributed by atoms with Crippen LogP contribution in [0.5, 0.6) is 5.75 Å². The number of benzene rings is 1. The van der Waals surface area contributed by atoms with Crippen LogP contribution in [0.4, 0.5) is 0 Å². The summed E-state index contributed by atoms with van der Waals surface area (Å²) in [6.45, 7) is 10.6. The van der Waals surface area contributed by atoms with E-state index in [1.165, 1.54) is 5.56 Å². The number of hydrogen-bond donors (Lipinski definition) is 0. The van der Waals surface area contributed by atoms with Crippen LogP contribution in [-0.4, -0.2) is 31.3 Å². The van der Waals surface area contributed by atoms with Crippen LogP contribution in [0.1, 0.15) is 12.5 Å². The standard InChI is InChI=1S/C22H29BrN2O2Si/c1-6-16-19(23)13-24-22-21(16)18(17-9-7-8-10-20(17)26-2)14-25(22)15-27-11-12-28(3,4)5/h7-10,13-14H,6,11-12,15H2,1-5H3. The fraction of sp³-hybridized carbons (Fsp3) is 0.409. The first-order valence-corrected chi connectivity index (χ1v) is 14.2. The molecule has 2 heterocycles. The zero-order valence-corrected chi connectivity index (χ0v) is 20.0. The molecule has 0 N–H and O–H groups in total. The minimum atomic E-state index is -1.10. The molecule has 0 fully saturated rings. The van der Waals surface area contributed by atoms with Crippen molar-refractivity contribution in [2.75, 3.05) is 13.7 Å². The maximum atomic E-state index is 6.03. The summed E-state index contributed by atoms with van der Waals surface area (Å²) in [6.07, 6.45) is 4.96. The number of ether oxygens (including phenoxy) is 2. The Balaban J connectivity index is 2.06. The third kappa shape index (κ3) is 4.50. The molecular formula is C22H29BrN2O2Si. The molecule has 3 aromatic rings. The summed E-state index contributed by atoms with van der Waals surface area (Å²) < 4.78 is 14.8. The van der Waals surface area contributed by atoms with Gasteiger partial charge in [-0.05, 0) is 40.0 Å². The van der Waals surface area contributed by atoms with Crippen LogP contribution < -0.4 is 4.74 Å². The lowest BCUT2D eigenvalue weighted by molar-refractivity contribution is 0.0899. The molecule has 1 aromatic carbocycles. The molecule has 28 heavy (non-hydrogen) atoms. The monoisotopic (exact) mass is 460 g/mol. The van der Waals surface area contributed by atoms with E-state index in [-0.39, 0.29) is 0 Å². The molecule has 0 saturated heterocycles. The van der Waals surface area contributed by atoms with E-state index in [0.29, 0.717) is 6.73 Å². The van der Waals surface area contributed by atoms with Gasteiger partial charge in [0.2, 0.25) is 0 Å². The largest absolute Gasteiger partial charge is 0.496 e. The molecule has 0 amide bonds. The molecule has 0 bridgehead atoms. The lowest BCUT2D eigenvalue weighted by Crippen LogP contribution is -2.22. The summed E-state index contributed by atoms with van der Waals surface area (Å²) in [5.41, 5.74) is 4.41. The summed E-state index contributed by atoms with van der Waals surface area (Å²) in [5, 5.41) is 1.16. The van der Waals surface area contributed by atoms with Gasteiger partial charge in [-0.2, -0.15) is 0 Å². The van der Waals surface area contributed by atoms with Crippen molar-refractivity contribution in [2.24, 2.45) is 0 Å². The molecule has 0 aliphatic rings. The highest BCUT2D eigenvalue weighted by Crippen LogP contribution is 2.39. The van der Waals surface area contributed by atoms with E-state index >= 15 is 0 Å². The van der Waals surface area contributed by atoms with E-state index in [2.05, 4.69) is 59.3 Å². The Hall–Kier alpha value is -1.63. The van der Waals surface area contributed by atoms with Gasteiger partial charge in [-0.25, -0.2) is 4.98 Å². The summed E-state index contributed by atoms with van der Waals surface area (Å²) in [6, 6.07) is 9.30. The Kier molecular flexibility index (Phi) is 6.63. The van der Waals surface area contributed by atoms with Gasteiger partial charge in [-0.3, -0.25) is 0 Å². The maximum absolute atomic E-state index is 6.03. The van der Waals surface area contributed by atoms with Crippen LogP contribution in [0.3, 0.4) is 0 Å². The molecule has 0 saturated carbocycles. The average molecular weight is 461 g/mol. The van der Waals surface area contributed by atoms with Crippen molar-refractivity contribution in [3.8, 4) is 16.9 Å². The number of fused-ring (bicyclic) bond motifs is 1. The molecule has 0 atom stereocenters. The van der Waals surface area contributed by atoms with E-state index < -0.39 is 8.07 Å². The maximum Gasteiger partial charge on any atom is 0.142 e. The van der Waals surface area contributed by atoms with Crippen LogP contribution in [0, 0.1) is 0 Å². The second kappa shape index (κ2) is 8.80. The van der Waals surface area contributed by atoms with E-state index in [0.717, 1.165) is 51.5 Å². The highest BCUT2D eigenvalue weighted by molar-refractivity contribution is 9.10. The average Bonchev–Trinajstić information content (AvgIpc) is 3.03. The number of para-hydroxylation sites is 1. The van der Waals surface area contributed by atoms with E-state index in [1.54, 1.807) is 7.11 Å². The third-order valence-electron chi connectivity index (χ3n) is 4.92. The second-order valence-electron chi connectivity index (χ2n) is 8.20. The Bertz CT molecular complexity index is 963. The second-order valence-corrected chi connectivity index (χ2v) is 14.7. The number of halogens is 1. The smallest absolute Gasteiger partial charge is 0.142 e. The van der Waals surface area contributed by atoms with Gasteiger partial charge >= 0.3 is 0 Å². The summed E-state index contributed by atoms with van der Waals surface area (Å²) >= 11 is 3.69. The number of aryl methyl sites for hydroxylation is 1. The first-order chi connectivity index (χ1) is 13.4. The van der Waals surface area contributed by atoms with Gasteiger partial charge < -0.3 is 14.0 Å². The third-order valence-corrected chi connectivity index (χ3v) is 7.31.